The molecule has 0 saturated heterocycles. The zero-order chi connectivity index (χ0) is 20.1. The SMILES string of the molecule is O=C(COC(=O)c1ccc(C2CCCCC2)cc1)NCc1ccc2c(c1)OCO2. The van der Waals surface area contributed by atoms with Crippen LogP contribution in [0.1, 0.15) is 59.5 Å². The second-order valence-electron chi connectivity index (χ2n) is 7.50. The summed E-state index contributed by atoms with van der Waals surface area (Å²) in [6.07, 6.45) is 6.30. The maximum absolute atomic E-state index is 12.2. The van der Waals surface area contributed by atoms with Crippen molar-refractivity contribution < 1.29 is 23.8 Å². The summed E-state index contributed by atoms with van der Waals surface area (Å²) in [6.45, 7) is 0.222. The van der Waals surface area contributed by atoms with Gasteiger partial charge in [0, 0.05) is 6.54 Å². The van der Waals surface area contributed by atoms with E-state index in [1.54, 1.807) is 18.2 Å². The molecule has 1 amide bonds. The molecule has 4 rings (SSSR count). The molecule has 6 heteroatoms. The highest BCUT2D eigenvalue weighted by molar-refractivity contribution is 5.91. The molecule has 0 bridgehead atoms. The van der Waals surface area contributed by atoms with Gasteiger partial charge in [-0.15, -0.1) is 0 Å². The van der Waals surface area contributed by atoms with Gasteiger partial charge in [0.1, 0.15) is 0 Å². The quantitative estimate of drug-likeness (QED) is 0.750. The van der Waals surface area contributed by atoms with Crippen molar-refractivity contribution in [2.24, 2.45) is 0 Å². The van der Waals surface area contributed by atoms with E-state index in [9.17, 15) is 9.59 Å². The highest BCUT2D eigenvalue weighted by Crippen LogP contribution is 2.33. The predicted octanol–water partition coefficient (Wildman–Crippen LogP) is 3.94. The van der Waals surface area contributed by atoms with Crippen molar-refractivity contribution >= 4 is 11.9 Å². The summed E-state index contributed by atoms with van der Waals surface area (Å²) in [5.41, 5.74) is 2.63. The Hall–Kier alpha value is -3.02. The molecule has 6 nitrogen and oxygen atoms in total. The Bertz CT molecular complexity index is 871. The first-order valence-corrected chi connectivity index (χ1v) is 10.1. The van der Waals surface area contributed by atoms with E-state index >= 15 is 0 Å². The van der Waals surface area contributed by atoms with Crippen molar-refractivity contribution in [1.29, 1.82) is 0 Å². The third-order valence-electron chi connectivity index (χ3n) is 5.48. The predicted molar refractivity (Wildman–Crippen MR) is 107 cm³/mol. The zero-order valence-electron chi connectivity index (χ0n) is 16.3. The van der Waals surface area contributed by atoms with Crippen molar-refractivity contribution in [3.63, 3.8) is 0 Å². The van der Waals surface area contributed by atoms with Crippen LogP contribution in [-0.4, -0.2) is 25.3 Å². The molecular weight excluding hydrogens is 370 g/mol. The Balaban J connectivity index is 1.23. The highest BCUT2D eigenvalue weighted by atomic mass is 16.7. The lowest BCUT2D eigenvalue weighted by Gasteiger charge is -2.21. The molecule has 2 aromatic carbocycles. The minimum atomic E-state index is -0.488. The van der Waals surface area contributed by atoms with E-state index < -0.39 is 5.97 Å². The van der Waals surface area contributed by atoms with Gasteiger partial charge in [-0.2, -0.15) is 0 Å². The molecule has 0 aromatic heterocycles. The van der Waals surface area contributed by atoms with E-state index in [1.165, 1.54) is 37.7 Å². The molecule has 0 radical (unpaired) electrons. The lowest BCUT2D eigenvalue weighted by molar-refractivity contribution is -0.124. The number of carbonyl (C=O) groups is 2. The van der Waals surface area contributed by atoms with E-state index in [2.05, 4.69) is 5.32 Å². The van der Waals surface area contributed by atoms with Crippen LogP contribution in [0.2, 0.25) is 0 Å². The first-order valence-electron chi connectivity index (χ1n) is 10.1. The van der Waals surface area contributed by atoms with Crippen LogP contribution in [0.3, 0.4) is 0 Å². The van der Waals surface area contributed by atoms with Crippen LogP contribution in [0.4, 0.5) is 0 Å². The summed E-state index contributed by atoms with van der Waals surface area (Å²) >= 11 is 0. The van der Waals surface area contributed by atoms with Gasteiger partial charge in [0.25, 0.3) is 5.91 Å². The fraction of sp³-hybridized carbons (Fsp3) is 0.391. The molecule has 29 heavy (non-hydrogen) atoms. The average Bonchev–Trinajstić information content (AvgIpc) is 3.24. The van der Waals surface area contributed by atoms with Crippen LogP contribution >= 0.6 is 0 Å². The average molecular weight is 395 g/mol. The van der Waals surface area contributed by atoms with Crippen molar-refractivity contribution in [1.82, 2.24) is 5.32 Å². The van der Waals surface area contributed by atoms with Gasteiger partial charge in [0.2, 0.25) is 6.79 Å². The van der Waals surface area contributed by atoms with E-state index in [0.29, 0.717) is 29.5 Å². The molecule has 2 aliphatic rings. The normalized spacial score (nSPS) is 15.7. The van der Waals surface area contributed by atoms with E-state index in [-0.39, 0.29) is 19.3 Å². The number of hydrogen-bond donors (Lipinski definition) is 1. The number of nitrogens with one attached hydrogen (secondary N) is 1. The summed E-state index contributed by atoms with van der Waals surface area (Å²) in [5, 5.41) is 2.74. The van der Waals surface area contributed by atoms with E-state index in [1.807, 2.05) is 24.3 Å². The number of carbonyl (C=O) groups excluding carboxylic acids is 2. The molecule has 1 saturated carbocycles. The third-order valence-corrected chi connectivity index (χ3v) is 5.48. The first-order chi connectivity index (χ1) is 14.2. The largest absolute Gasteiger partial charge is 0.454 e. The molecule has 1 aliphatic heterocycles. The number of rotatable bonds is 6. The van der Waals surface area contributed by atoms with Gasteiger partial charge in [-0.05, 0) is 54.2 Å². The van der Waals surface area contributed by atoms with Crippen LogP contribution in [0, 0.1) is 0 Å². The summed E-state index contributed by atoms with van der Waals surface area (Å²) in [5.74, 6) is 1.12. The number of amides is 1. The van der Waals surface area contributed by atoms with E-state index in [4.69, 9.17) is 14.2 Å². The Morgan fingerprint density at radius 1 is 0.966 bits per heavy atom. The standard InChI is InChI=1S/C23H25NO5/c25-22(24-13-16-6-11-20-21(12-16)29-15-28-20)14-27-23(26)19-9-7-18(8-10-19)17-4-2-1-3-5-17/h6-12,17H,1-5,13-15H2,(H,24,25). The smallest absolute Gasteiger partial charge is 0.338 e. The molecule has 0 spiro atoms. The number of esters is 1. The summed E-state index contributed by atoms with van der Waals surface area (Å²) in [7, 11) is 0. The van der Waals surface area contributed by atoms with Crippen molar-refractivity contribution in [3.8, 4) is 11.5 Å². The molecule has 1 N–H and O–H groups in total. The maximum Gasteiger partial charge on any atom is 0.338 e. The lowest BCUT2D eigenvalue weighted by Crippen LogP contribution is -2.28. The van der Waals surface area contributed by atoms with Crippen molar-refractivity contribution in [2.75, 3.05) is 13.4 Å². The second-order valence-corrected chi connectivity index (χ2v) is 7.50. The van der Waals surface area contributed by atoms with Gasteiger partial charge >= 0.3 is 5.97 Å². The van der Waals surface area contributed by atoms with Crippen molar-refractivity contribution in [3.05, 3.63) is 59.2 Å². The third kappa shape index (κ3) is 4.88. The monoisotopic (exact) mass is 395 g/mol. The molecular formula is C23H25NO5. The Morgan fingerprint density at radius 2 is 1.72 bits per heavy atom. The van der Waals surface area contributed by atoms with Gasteiger partial charge in [-0.3, -0.25) is 4.79 Å². The Kier molecular flexibility index (Phi) is 5.98. The highest BCUT2D eigenvalue weighted by Gasteiger charge is 2.17. The summed E-state index contributed by atoms with van der Waals surface area (Å²) < 4.78 is 15.7. The van der Waals surface area contributed by atoms with Crippen molar-refractivity contribution in [2.45, 2.75) is 44.6 Å². The lowest BCUT2D eigenvalue weighted by atomic mass is 9.84. The molecule has 2 aromatic rings. The molecule has 0 atom stereocenters. The van der Waals surface area contributed by atoms with Gasteiger partial charge in [-0.1, -0.05) is 37.5 Å². The molecule has 1 heterocycles. The zero-order valence-corrected chi connectivity index (χ0v) is 16.3. The van der Waals surface area contributed by atoms with Gasteiger partial charge in [0.05, 0.1) is 5.56 Å². The minimum absolute atomic E-state index is 0.211. The molecule has 1 aliphatic carbocycles. The first kappa shape index (κ1) is 19.3. The number of hydrogen-bond acceptors (Lipinski definition) is 5. The summed E-state index contributed by atoms with van der Waals surface area (Å²) in [4.78, 5) is 24.2. The van der Waals surface area contributed by atoms with Crippen LogP contribution in [0.25, 0.3) is 0 Å². The van der Waals surface area contributed by atoms with E-state index in [0.717, 1.165) is 5.56 Å². The van der Waals surface area contributed by atoms with Crippen LogP contribution in [-0.2, 0) is 16.1 Å². The Labute approximate surface area is 170 Å². The summed E-state index contributed by atoms with van der Waals surface area (Å²) in [6, 6.07) is 13.1. The number of fused-ring (bicyclic) bond motifs is 1. The fourth-order valence-corrected chi connectivity index (χ4v) is 3.84. The van der Waals surface area contributed by atoms with Gasteiger partial charge < -0.3 is 19.5 Å². The van der Waals surface area contributed by atoms with Crippen LogP contribution in [0.15, 0.2) is 42.5 Å². The maximum atomic E-state index is 12.2. The topological polar surface area (TPSA) is 73.9 Å². The number of benzene rings is 2. The molecule has 0 unspecified atom stereocenters. The van der Waals surface area contributed by atoms with Crippen LogP contribution < -0.4 is 14.8 Å². The second kappa shape index (κ2) is 8.99. The van der Waals surface area contributed by atoms with Gasteiger partial charge in [0.15, 0.2) is 18.1 Å². The number of ether oxygens (including phenoxy) is 3. The van der Waals surface area contributed by atoms with Gasteiger partial charge in [-0.25, -0.2) is 4.79 Å². The minimum Gasteiger partial charge on any atom is -0.454 e. The molecule has 152 valence electrons. The Morgan fingerprint density at radius 3 is 2.52 bits per heavy atom. The van der Waals surface area contributed by atoms with Crippen LogP contribution in [0.5, 0.6) is 11.5 Å². The molecule has 1 fully saturated rings. The fourth-order valence-electron chi connectivity index (χ4n) is 3.84.